The van der Waals surface area contributed by atoms with Gasteiger partial charge in [0.25, 0.3) is 0 Å². The maximum atomic E-state index is 5.57. The van der Waals surface area contributed by atoms with Gasteiger partial charge in [0.1, 0.15) is 0 Å². The van der Waals surface area contributed by atoms with E-state index in [-0.39, 0.29) is 0 Å². The highest BCUT2D eigenvalue weighted by Crippen LogP contribution is 2.61. The van der Waals surface area contributed by atoms with Gasteiger partial charge in [0.15, 0.2) is 0 Å². The van der Waals surface area contributed by atoms with Crippen molar-refractivity contribution < 1.29 is 4.74 Å². The van der Waals surface area contributed by atoms with Crippen molar-refractivity contribution in [1.82, 2.24) is 5.32 Å². The minimum absolute atomic E-state index is 0.625. The Morgan fingerprint density at radius 2 is 1.60 bits per heavy atom. The molecule has 0 aromatic rings. The SMILES string of the molecule is CC(NC(C)C12CC3CC(CC(C3)C1)C2)C1CCOC1. The third-order valence-corrected chi connectivity index (χ3v) is 7.19. The van der Waals surface area contributed by atoms with E-state index in [2.05, 4.69) is 19.2 Å². The molecule has 4 saturated carbocycles. The van der Waals surface area contributed by atoms with E-state index in [4.69, 9.17) is 4.74 Å². The third kappa shape index (κ3) is 2.23. The van der Waals surface area contributed by atoms with Gasteiger partial charge >= 0.3 is 0 Å². The summed E-state index contributed by atoms with van der Waals surface area (Å²) < 4.78 is 5.57. The van der Waals surface area contributed by atoms with Crippen LogP contribution in [0.25, 0.3) is 0 Å². The number of ether oxygens (including phenoxy) is 1. The van der Waals surface area contributed by atoms with E-state index in [1.54, 1.807) is 19.3 Å². The molecule has 1 aliphatic heterocycles. The monoisotopic (exact) mass is 277 g/mol. The zero-order chi connectivity index (χ0) is 13.7. The maximum absolute atomic E-state index is 5.57. The van der Waals surface area contributed by atoms with Crippen LogP contribution in [0.1, 0.15) is 58.8 Å². The summed E-state index contributed by atoms with van der Waals surface area (Å²) in [6, 6.07) is 1.33. The second-order valence-corrected chi connectivity index (χ2v) is 8.58. The van der Waals surface area contributed by atoms with Crippen LogP contribution in [0.3, 0.4) is 0 Å². The average Bonchev–Trinajstić information content (AvgIpc) is 2.90. The first-order valence-electron chi connectivity index (χ1n) is 8.98. The molecule has 4 bridgehead atoms. The lowest BCUT2D eigenvalue weighted by Crippen LogP contribution is -2.57. The van der Waals surface area contributed by atoms with Gasteiger partial charge < -0.3 is 10.1 Å². The van der Waals surface area contributed by atoms with Gasteiger partial charge in [-0.2, -0.15) is 0 Å². The van der Waals surface area contributed by atoms with Gasteiger partial charge in [0, 0.05) is 18.7 Å². The van der Waals surface area contributed by atoms with Gasteiger partial charge in [-0.3, -0.25) is 0 Å². The zero-order valence-electron chi connectivity index (χ0n) is 13.2. The van der Waals surface area contributed by atoms with E-state index in [9.17, 15) is 0 Å². The quantitative estimate of drug-likeness (QED) is 0.847. The van der Waals surface area contributed by atoms with Gasteiger partial charge in [-0.15, -0.1) is 0 Å². The Kier molecular flexibility index (Phi) is 3.38. The normalized spacial score (nSPS) is 49.5. The van der Waals surface area contributed by atoms with Gasteiger partial charge in [-0.05, 0) is 87.9 Å². The molecule has 2 heteroatoms. The van der Waals surface area contributed by atoms with Crippen LogP contribution in [-0.4, -0.2) is 25.3 Å². The lowest BCUT2D eigenvalue weighted by molar-refractivity contribution is -0.0728. The van der Waals surface area contributed by atoms with Crippen molar-refractivity contribution in [2.75, 3.05) is 13.2 Å². The van der Waals surface area contributed by atoms with Crippen LogP contribution in [0.2, 0.25) is 0 Å². The van der Waals surface area contributed by atoms with E-state index < -0.39 is 0 Å². The van der Waals surface area contributed by atoms with Crippen molar-refractivity contribution in [2.45, 2.75) is 70.9 Å². The first kappa shape index (κ1) is 13.6. The maximum Gasteiger partial charge on any atom is 0.0509 e. The van der Waals surface area contributed by atoms with Crippen molar-refractivity contribution in [3.8, 4) is 0 Å². The minimum atomic E-state index is 0.625. The number of rotatable bonds is 4. The number of hydrogen-bond donors (Lipinski definition) is 1. The summed E-state index contributed by atoms with van der Waals surface area (Å²) in [5.41, 5.74) is 0.641. The van der Waals surface area contributed by atoms with E-state index >= 15 is 0 Å². The molecule has 3 atom stereocenters. The Morgan fingerprint density at radius 1 is 1.00 bits per heavy atom. The molecule has 0 aromatic carbocycles. The molecule has 1 saturated heterocycles. The van der Waals surface area contributed by atoms with Crippen LogP contribution < -0.4 is 5.32 Å². The summed E-state index contributed by atoms with van der Waals surface area (Å²) in [6.07, 6.45) is 10.5. The van der Waals surface area contributed by atoms with Crippen molar-refractivity contribution in [3.05, 3.63) is 0 Å². The fourth-order valence-electron chi connectivity index (χ4n) is 6.36. The van der Waals surface area contributed by atoms with Gasteiger partial charge in [0.2, 0.25) is 0 Å². The fourth-order valence-corrected chi connectivity index (χ4v) is 6.36. The highest BCUT2D eigenvalue weighted by atomic mass is 16.5. The molecule has 3 unspecified atom stereocenters. The van der Waals surface area contributed by atoms with Gasteiger partial charge in [-0.25, -0.2) is 0 Å². The Labute approximate surface area is 124 Å². The van der Waals surface area contributed by atoms with E-state index in [0.717, 1.165) is 36.9 Å². The second kappa shape index (κ2) is 4.98. The molecule has 5 fully saturated rings. The predicted molar refractivity (Wildman–Crippen MR) is 81.6 cm³/mol. The molecule has 1 N–H and O–H groups in total. The Bertz CT molecular complexity index is 325. The average molecular weight is 277 g/mol. The van der Waals surface area contributed by atoms with Crippen LogP contribution in [0.15, 0.2) is 0 Å². The van der Waals surface area contributed by atoms with E-state index in [1.807, 2.05) is 0 Å². The fraction of sp³-hybridized carbons (Fsp3) is 1.00. The summed E-state index contributed by atoms with van der Waals surface area (Å²) >= 11 is 0. The summed E-state index contributed by atoms with van der Waals surface area (Å²) in [6.45, 7) is 6.82. The Hall–Kier alpha value is -0.0800. The standard InChI is InChI=1S/C18H31NO/c1-12(17-3-4-20-11-17)19-13(2)18-8-14-5-15(9-18)7-16(6-14)10-18/h12-17,19H,3-11H2,1-2H3. The molecule has 4 aliphatic carbocycles. The molecule has 0 spiro atoms. The van der Waals surface area contributed by atoms with Crippen molar-refractivity contribution >= 4 is 0 Å². The highest BCUT2D eigenvalue weighted by molar-refractivity contribution is 5.05. The molecule has 2 nitrogen and oxygen atoms in total. The van der Waals surface area contributed by atoms with Crippen molar-refractivity contribution in [1.29, 1.82) is 0 Å². The van der Waals surface area contributed by atoms with Crippen LogP contribution >= 0.6 is 0 Å². The molecule has 114 valence electrons. The molecular weight excluding hydrogens is 246 g/mol. The summed E-state index contributed by atoms with van der Waals surface area (Å²) in [7, 11) is 0. The first-order valence-corrected chi connectivity index (χ1v) is 8.98. The van der Waals surface area contributed by atoms with Crippen LogP contribution in [-0.2, 0) is 4.74 Å². The second-order valence-electron chi connectivity index (χ2n) is 8.58. The summed E-state index contributed by atoms with van der Waals surface area (Å²) in [5, 5.41) is 4.00. The van der Waals surface area contributed by atoms with E-state index in [1.165, 1.54) is 25.7 Å². The zero-order valence-corrected chi connectivity index (χ0v) is 13.2. The predicted octanol–water partition coefficient (Wildman–Crippen LogP) is 3.61. The van der Waals surface area contributed by atoms with Crippen LogP contribution in [0.5, 0.6) is 0 Å². The summed E-state index contributed by atoms with van der Waals surface area (Å²) in [4.78, 5) is 0. The summed E-state index contributed by atoms with van der Waals surface area (Å²) in [5.74, 6) is 3.94. The number of hydrogen-bond acceptors (Lipinski definition) is 2. The minimum Gasteiger partial charge on any atom is -0.381 e. The van der Waals surface area contributed by atoms with E-state index in [0.29, 0.717) is 17.5 Å². The van der Waals surface area contributed by atoms with Crippen LogP contribution in [0.4, 0.5) is 0 Å². The van der Waals surface area contributed by atoms with Crippen molar-refractivity contribution in [3.63, 3.8) is 0 Å². The highest BCUT2D eigenvalue weighted by Gasteiger charge is 2.53. The molecule has 1 heterocycles. The largest absolute Gasteiger partial charge is 0.381 e. The topological polar surface area (TPSA) is 21.3 Å². The molecule has 5 aliphatic rings. The molecular formula is C18H31NO. The molecule has 0 aromatic heterocycles. The lowest BCUT2D eigenvalue weighted by Gasteiger charge is -2.59. The molecule has 0 amide bonds. The Morgan fingerprint density at radius 3 is 2.10 bits per heavy atom. The number of nitrogens with one attached hydrogen (secondary N) is 1. The van der Waals surface area contributed by atoms with Crippen molar-refractivity contribution in [2.24, 2.45) is 29.1 Å². The lowest BCUT2D eigenvalue weighted by atomic mass is 9.48. The third-order valence-electron chi connectivity index (χ3n) is 7.19. The molecule has 0 radical (unpaired) electrons. The van der Waals surface area contributed by atoms with Gasteiger partial charge in [0.05, 0.1) is 6.61 Å². The van der Waals surface area contributed by atoms with Gasteiger partial charge in [-0.1, -0.05) is 0 Å². The Balaban J connectivity index is 1.43. The van der Waals surface area contributed by atoms with Crippen LogP contribution in [0, 0.1) is 29.1 Å². The smallest absolute Gasteiger partial charge is 0.0509 e. The molecule has 5 rings (SSSR count). The molecule has 20 heavy (non-hydrogen) atoms. The first-order chi connectivity index (χ1) is 9.64.